The summed E-state index contributed by atoms with van der Waals surface area (Å²) in [5.74, 6) is -0.864. The van der Waals surface area contributed by atoms with Gasteiger partial charge in [0.1, 0.15) is 13.2 Å². The van der Waals surface area contributed by atoms with Crippen molar-refractivity contribution in [1.82, 2.24) is 0 Å². The van der Waals surface area contributed by atoms with Gasteiger partial charge in [-0.05, 0) is 89.9 Å². The zero-order chi connectivity index (χ0) is 57.1. The fourth-order valence-corrected chi connectivity index (χ4v) is 10.1. The van der Waals surface area contributed by atoms with Crippen LogP contribution in [0.4, 0.5) is 0 Å². The lowest BCUT2D eigenvalue weighted by atomic mass is 10.0. The Hall–Kier alpha value is -3.15. The van der Waals surface area contributed by atoms with Gasteiger partial charge < -0.3 is 14.2 Å². The quantitative estimate of drug-likeness (QED) is 0.0261. The highest BCUT2D eigenvalue weighted by Crippen LogP contribution is 2.18. The fourth-order valence-electron chi connectivity index (χ4n) is 10.1. The molecule has 6 nitrogen and oxygen atoms in total. The SMILES string of the molecule is CC/C=C\C/C=C\C/C=C\C/C=C\CCCCCCCCCCCCCCCCCCCCCCCCC(=O)OCC(COC(=O)CCCCCCCCCCC)OC(=O)CCCCCCCCC/C=C\C/C=C\CCCCC. The molecule has 1 atom stereocenters. The molecule has 458 valence electrons. The maximum Gasteiger partial charge on any atom is 0.306 e. The van der Waals surface area contributed by atoms with Crippen molar-refractivity contribution >= 4 is 17.9 Å². The Morgan fingerprint density at radius 1 is 0.266 bits per heavy atom. The molecule has 0 aromatic rings. The van der Waals surface area contributed by atoms with E-state index < -0.39 is 6.10 Å². The first-order valence-electron chi connectivity index (χ1n) is 34.4. The first kappa shape index (κ1) is 75.8. The predicted molar refractivity (Wildman–Crippen MR) is 344 cm³/mol. The Kier molecular flexibility index (Phi) is 64.7. The molecule has 0 saturated carbocycles. The lowest BCUT2D eigenvalue weighted by molar-refractivity contribution is -0.167. The van der Waals surface area contributed by atoms with Crippen molar-refractivity contribution in [3.8, 4) is 0 Å². The fraction of sp³-hybridized carbons (Fsp3) is 0.795. The van der Waals surface area contributed by atoms with Crippen LogP contribution in [0.5, 0.6) is 0 Å². The number of hydrogen-bond donors (Lipinski definition) is 0. The van der Waals surface area contributed by atoms with Crippen molar-refractivity contribution in [1.29, 1.82) is 0 Å². The van der Waals surface area contributed by atoms with Gasteiger partial charge in [-0.2, -0.15) is 0 Å². The Morgan fingerprint density at radius 2 is 0.494 bits per heavy atom. The van der Waals surface area contributed by atoms with E-state index in [1.165, 1.54) is 218 Å². The molecule has 0 aromatic carbocycles. The highest BCUT2D eigenvalue weighted by molar-refractivity contribution is 5.71. The summed E-state index contributed by atoms with van der Waals surface area (Å²) in [5, 5.41) is 0. The van der Waals surface area contributed by atoms with Crippen LogP contribution in [0.2, 0.25) is 0 Å². The molecule has 0 amide bonds. The molecule has 0 aliphatic carbocycles. The first-order valence-corrected chi connectivity index (χ1v) is 34.4. The summed E-state index contributed by atoms with van der Waals surface area (Å²) in [6, 6.07) is 0. The molecular formula is C73H130O6. The van der Waals surface area contributed by atoms with Gasteiger partial charge in [-0.3, -0.25) is 14.4 Å². The maximum atomic E-state index is 12.9. The van der Waals surface area contributed by atoms with Gasteiger partial charge in [-0.15, -0.1) is 0 Å². The minimum atomic E-state index is -0.775. The van der Waals surface area contributed by atoms with Gasteiger partial charge >= 0.3 is 17.9 Å². The molecule has 0 heterocycles. The molecule has 1 unspecified atom stereocenters. The Morgan fingerprint density at radius 3 is 0.797 bits per heavy atom. The van der Waals surface area contributed by atoms with Gasteiger partial charge in [0, 0.05) is 19.3 Å². The van der Waals surface area contributed by atoms with Crippen LogP contribution >= 0.6 is 0 Å². The Labute approximate surface area is 491 Å². The van der Waals surface area contributed by atoms with Crippen LogP contribution in [0.15, 0.2) is 72.9 Å². The van der Waals surface area contributed by atoms with Crippen molar-refractivity contribution in [3.63, 3.8) is 0 Å². The molecule has 0 N–H and O–H groups in total. The molecule has 79 heavy (non-hydrogen) atoms. The third kappa shape index (κ3) is 65.5. The maximum absolute atomic E-state index is 12.9. The zero-order valence-electron chi connectivity index (χ0n) is 52.6. The van der Waals surface area contributed by atoms with Gasteiger partial charge in [-0.1, -0.05) is 318 Å². The van der Waals surface area contributed by atoms with Crippen molar-refractivity contribution in [2.45, 2.75) is 361 Å². The van der Waals surface area contributed by atoms with Gasteiger partial charge in [0.25, 0.3) is 0 Å². The molecule has 0 fully saturated rings. The molecule has 0 aliphatic heterocycles. The highest BCUT2D eigenvalue weighted by atomic mass is 16.6. The van der Waals surface area contributed by atoms with E-state index >= 15 is 0 Å². The Balaban J connectivity index is 4.02. The molecule has 0 rings (SSSR count). The van der Waals surface area contributed by atoms with E-state index in [4.69, 9.17) is 14.2 Å². The van der Waals surface area contributed by atoms with E-state index in [2.05, 4.69) is 93.7 Å². The van der Waals surface area contributed by atoms with E-state index in [1.807, 2.05) is 0 Å². The van der Waals surface area contributed by atoms with Crippen LogP contribution in [0.3, 0.4) is 0 Å². The summed E-state index contributed by atoms with van der Waals surface area (Å²) in [5.41, 5.74) is 0. The van der Waals surface area contributed by atoms with E-state index in [-0.39, 0.29) is 31.1 Å². The standard InChI is InChI=1S/C73H130O6/c1-4-7-10-13-16-19-21-23-25-27-28-29-30-31-32-33-34-35-36-37-38-39-40-41-42-43-44-46-47-49-51-54-57-60-63-66-72(75)78-69-70(68-77-71(74)65-62-59-56-53-18-15-12-9-6-3)79-73(76)67-64-61-58-55-52-50-48-45-26-24-22-20-17-14-11-8-5-2/h7,10,16-17,19-20,23-26,28-29,70H,4-6,8-9,11-15,18,21-22,27,30-69H2,1-3H3/b10-7-,19-16-,20-17-,25-23-,26-24-,29-28-. The van der Waals surface area contributed by atoms with E-state index in [0.29, 0.717) is 19.3 Å². The number of carbonyl (C=O) groups excluding carboxylic acids is 3. The van der Waals surface area contributed by atoms with E-state index in [1.54, 1.807) is 0 Å². The molecular weight excluding hydrogens is 973 g/mol. The van der Waals surface area contributed by atoms with Gasteiger partial charge in [0.15, 0.2) is 6.10 Å². The summed E-state index contributed by atoms with van der Waals surface area (Å²) in [6.45, 7) is 6.52. The average Bonchev–Trinajstić information content (AvgIpc) is 3.45. The summed E-state index contributed by atoms with van der Waals surface area (Å²) in [7, 11) is 0. The molecule has 0 radical (unpaired) electrons. The summed E-state index contributed by atoms with van der Waals surface area (Å²) in [4.78, 5) is 38.2. The van der Waals surface area contributed by atoms with Crippen LogP contribution in [0.1, 0.15) is 355 Å². The third-order valence-corrected chi connectivity index (χ3v) is 15.2. The smallest absolute Gasteiger partial charge is 0.306 e. The minimum Gasteiger partial charge on any atom is -0.462 e. The largest absolute Gasteiger partial charge is 0.462 e. The van der Waals surface area contributed by atoms with E-state index in [0.717, 1.165) is 96.3 Å². The average molecular weight is 1100 g/mol. The zero-order valence-corrected chi connectivity index (χ0v) is 52.6. The minimum absolute atomic E-state index is 0.0727. The van der Waals surface area contributed by atoms with Crippen molar-refractivity contribution in [2.75, 3.05) is 13.2 Å². The third-order valence-electron chi connectivity index (χ3n) is 15.2. The number of esters is 3. The first-order chi connectivity index (χ1) is 39.0. The number of ether oxygens (including phenoxy) is 3. The normalized spacial score (nSPS) is 12.5. The van der Waals surface area contributed by atoms with Crippen molar-refractivity contribution in [3.05, 3.63) is 72.9 Å². The molecule has 0 bridgehead atoms. The van der Waals surface area contributed by atoms with E-state index in [9.17, 15) is 14.4 Å². The van der Waals surface area contributed by atoms with Crippen molar-refractivity contribution in [2.24, 2.45) is 0 Å². The van der Waals surface area contributed by atoms with Crippen LogP contribution in [-0.4, -0.2) is 37.2 Å². The van der Waals surface area contributed by atoms with Crippen LogP contribution < -0.4 is 0 Å². The monoisotopic (exact) mass is 1100 g/mol. The molecule has 0 aliphatic rings. The van der Waals surface area contributed by atoms with Gasteiger partial charge in [-0.25, -0.2) is 0 Å². The van der Waals surface area contributed by atoms with Crippen LogP contribution in [0, 0.1) is 0 Å². The predicted octanol–water partition coefficient (Wildman–Crippen LogP) is 23.7. The molecule has 0 saturated heterocycles. The summed E-state index contributed by atoms with van der Waals surface area (Å²) >= 11 is 0. The highest BCUT2D eigenvalue weighted by Gasteiger charge is 2.19. The van der Waals surface area contributed by atoms with Gasteiger partial charge in [0.2, 0.25) is 0 Å². The molecule has 0 spiro atoms. The number of hydrogen-bond acceptors (Lipinski definition) is 6. The number of carbonyl (C=O) groups is 3. The second-order valence-electron chi connectivity index (χ2n) is 23.1. The lowest BCUT2D eigenvalue weighted by Gasteiger charge is -2.18. The van der Waals surface area contributed by atoms with Gasteiger partial charge in [0.05, 0.1) is 0 Å². The topological polar surface area (TPSA) is 78.9 Å². The number of allylic oxidation sites excluding steroid dienone is 12. The number of unbranched alkanes of at least 4 members (excludes halogenated alkanes) is 40. The number of rotatable bonds is 63. The van der Waals surface area contributed by atoms with Crippen molar-refractivity contribution < 1.29 is 28.6 Å². The molecule has 6 heteroatoms. The van der Waals surface area contributed by atoms with Crippen LogP contribution in [-0.2, 0) is 28.6 Å². The lowest BCUT2D eigenvalue weighted by Crippen LogP contribution is -2.30. The van der Waals surface area contributed by atoms with Crippen LogP contribution in [0.25, 0.3) is 0 Å². The second kappa shape index (κ2) is 67.4. The molecule has 0 aromatic heterocycles. The summed E-state index contributed by atoms with van der Waals surface area (Å²) in [6.07, 6.45) is 88.1. The Bertz CT molecular complexity index is 1450. The summed E-state index contributed by atoms with van der Waals surface area (Å²) < 4.78 is 16.9. The second-order valence-corrected chi connectivity index (χ2v) is 23.1.